The predicted octanol–water partition coefficient (Wildman–Crippen LogP) is 5.25. The first kappa shape index (κ1) is 23.4. The Morgan fingerprint density at radius 1 is 0.941 bits per heavy atom. The van der Waals surface area contributed by atoms with Gasteiger partial charge in [0.2, 0.25) is 0 Å². The minimum Gasteiger partial charge on any atom is -0.493 e. The Morgan fingerprint density at radius 2 is 1.74 bits per heavy atom. The van der Waals surface area contributed by atoms with Crippen molar-refractivity contribution in [3.63, 3.8) is 0 Å². The lowest BCUT2D eigenvalue weighted by molar-refractivity contribution is -0.122. The van der Waals surface area contributed by atoms with E-state index in [-0.39, 0.29) is 17.9 Å². The van der Waals surface area contributed by atoms with Crippen molar-refractivity contribution in [2.45, 2.75) is 6.61 Å². The van der Waals surface area contributed by atoms with Crippen LogP contribution in [0.15, 0.2) is 72.3 Å². The van der Waals surface area contributed by atoms with Gasteiger partial charge >= 0.3 is 6.03 Å². The molecule has 0 atom stereocenters. The molecule has 0 aliphatic carbocycles. The summed E-state index contributed by atoms with van der Waals surface area (Å²) < 4.78 is 11.3. The van der Waals surface area contributed by atoms with Gasteiger partial charge in [0.15, 0.2) is 11.5 Å². The number of barbiturate groups is 1. The maximum atomic E-state index is 13.0. The van der Waals surface area contributed by atoms with E-state index in [1.807, 2.05) is 18.2 Å². The summed E-state index contributed by atoms with van der Waals surface area (Å²) in [6.45, 7) is 0.230. The highest BCUT2D eigenvalue weighted by atomic mass is 35.5. The van der Waals surface area contributed by atoms with Gasteiger partial charge < -0.3 is 9.47 Å². The molecule has 4 amide bonds. The number of anilines is 1. The third kappa shape index (κ3) is 4.90. The molecule has 0 radical (unpaired) electrons. The fourth-order valence-corrected chi connectivity index (χ4v) is 3.71. The summed E-state index contributed by atoms with van der Waals surface area (Å²) in [6, 6.07) is 17.6. The van der Waals surface area contributed by atoms with Crippen LogP contribution in [0.1, 0.15) is 11.1 Å². The molecule has 1 aliphatic rings. The van der Waals surface area contributed by atoms with Gasteiger partial charge in [0.25, 0.3) is 11.8 Å². The van der Waals surface area contributed by atoms with Crippen molar-refractivity contribution >= 4 is 52.8 Å². The van der Waals surface area contributed by atoms with Crippen LogP contribution in [-0.2, 0) is 16.2 Å². The molecule has 7 nitrogen and oxygen atoms in total. The molecular weight excluding hydrogens is 479 g/mol. The van der Waals surface area contributed by atoms with Crippen LogP contribution in [0.3, 0.4) is 0 Å². The molecule has 3 aromatic rings. The first-order chi connectivity index (χ1) is 16.4. The molecule has 9 heteroatoms. The maximum absolute atomic E-state index is 13.0. The van der Waals surface area contributed by atoms with E-state index >= 15 is 0 Å². The zero-order valence-corrected chi connectivity index (χ0v) is 19.4. The van der Waals surface area contributed by atoms with Gasteiger partial charge in [-0.15, -0.1) is 0 Å². The van der Waals surface area contributed by atoms with Gasteiger partial charge in [0, 0.05) is 15.6 Å². The summed E-state index contributed by atoms with van der Waals surface area (Å²) >= 11 is 12.2. The van der Waals surface area contributed by atoms with E-state index in [1.54, 1.807) is 42.5 Å². The molecule has 0 aromatic heterocycles. The molecule has 1 aliphatic heterocycles. The second-order valence-electron chi connectivity index (χ2n) is 7.23. The van der Waals surface area contributed by atoms with E-state index in [1.165, 1.54) is 19.3 Å². The minimum absolute atomic E-state index is 0.216. The minimum atomic E-state index is -0.852. The van der Waals surface area contributed by atoms with E-state index in [4.69, 9.17) is 32.7 Å². The van der Waals surface area contributed by atoms with E-state index in [2.05, 4.69) is 5.32 Å². The SMILES string of the molecule is COc1cc(/C=C2\C(=O)NC(=O)N(c3cccc(Cl)c3)C2=O)ccc1OCc1ccccc1Cl. The molecule has 1 fully saturated rings. The van der Waals surface area contributed by atoms with Gasteiger partial charge in [-0.05, 0) is 48.0 Å². The van der Waals surface area contributed by atoms with Crippen LogP contribution >= 0.6 is 23.2 Å². The van der Waals surface area contributed by atoms with E-state index in [0.717, 1.165) is 10.5 Å². The summed E-state index contributed by atoms with van der Waals surface area (Å²) in [4.78, 5) is 38.7. The number of carbonyl (C=O) groups is 3. The van der Waals surface area contributed by atoms with Gasteiger partial charge in [-0.2, -0.15) is 0 Å². The van der Waals surface area contributed by atoms with Gasteiger partial charge in [-0.25, -0.2) is 9.69 Å². The van der Waals surface area contributed by atoms with E-state index in [0.29, 0.717) is 27.1 Å². The Balaban J connectivity index is 1.60. The number of hydrogen-bond donors (Lipinski definition) is 1. The smallest absolute Gasteiger partial charge is 0.335 e. The van der Waals surface area contributed by atoms with Crippen molar-refractivity contribution < 1.29 is 23.9 Å². The van der Waals surface area contributed by atoms with Crippen LogP contribution in [-0.4, -0.2) is 25.0 Å². The van der Waals surface area contributed by atoms with Gasteiger partial charge in [-0.3, -0.25) is 14.9 Å². The number of imide groups is 2. The van der Waals surface area contributed by atoms with Crippen LogP contribution in [0.25, 0.3) is 6.08 Å². The Bertz CT molecular complexity index is 1320. The van der Waals surface area contributed by atoms with Crippen molar-refractivity contribution in [1.82, 2.24) is 5.32 Å². The summed E-state index contributed by atoms with van der Waals surface area (Å²) in [5.74, 6) is -0.715. The molecule has 1 saturated heterocycles. The fraction of sp³-hybridized carbons (Fsp3) is 0.0800. The number of benzene rings is 3. The van der Waals surface area contributed by atoms with Crippen LogP contribution in [0.5, 0.6) is 11.5 Å². The van der Waals surface area contributed by atoms with Crippen LogP contribution < -0.4 is 19.7 Å². The largest absolute Gasteiger partial charge is 0.493 e. The number of nitrogens with zero attached hydrogens (tertiary/aromatic N) is 1. The highest BCUT2D eigenvalue weighted by Crippen LogP contribution is 2.31. The lowest BCUT2D eigenvalue weighted by atomic mass is 10.1. The second-order valence-corrected chi connectivity index (χ2v) is 8.07. The van der Waals surface area contributed by atoms with Crippen molar-refractivity contribution in [1.29, 1.82) is 0 Å². The average Bonchev–Trinajstić information content (AvgIpc) is 2.81. The lowest BCUT2D eigenvalue weighted by Gasteiger charge is -2.26. The zero-order valence-electron chi connectivity index (χ0n) is 17.9. The zero-order chi connectivity index (χ0) is 24.2. The predicted molar refractivity (Wildman–Crippen MR) is 129 cm³/mol. The maximum Gasteiger partial charge on any atom is 0.335 e. The summed E-state index contributed by atoms with van der Waals surface area (Å²) in [7, 11) is 1.48. The fourth-order valence-electron chi connectivity index (χ4n) is 3.34. The summed E-state index contributed by atoms with van der Waals surface area (Å²) in [6.07, 6.45) is 1.38. The monoisotopic (exact) mass is 496 g/mol. The normalized spacial score (nSPS) is 14.9. The van der Waals surface area contributed by atoms with Crippen molar-refractivity contribution in [3.8, 4) is 11.5 Å². The first-order valence-corrected chi connectivity index (χ1v) is 10.8. The third-order valence-electron chi connectivity index (χ3n) is 5.01. The number of amides is 4. The number of hydrogen-bond acceptors (Lipinski definition) is 5. The Labute approximate surface area is 205 Å². The number of urea groups is 1. The number of nitrogens with one attached hydrogen (secondary N) is 1. The molecule has 4 rings (SSSR count). The summed E-state index contributed by atoms with van der Waals surface area (Å²) in [5.41, 5.74) is 1.34. The van der Waals surface area contributed by atoms with Crippen LogP contribution in [0.2, 0.25) is 10.0 Å². The molecule has 34 heavy (non-hydrogen) atoms. The van der Waals surface area contributed by atoms with Crippen LogP contribution in [0.4, 0.5) is 10.5 Å². The molecule has 1 N–H and O–H groups in total. The topological polar surface area (TPSA) is 84.9 Å². The van der Waals surface area contributed by atoms with Crippen molar-refractivity contribution in [2.24, 2.45) is 0 Å². The van der Waals surface area contributed by atoms with Crippen molar-refractivity contribution in [3.05, 3.63) is 93.5 Å². The van der Waals surface area contributed by atoms with Crippen molar-refractivity contribution in [2.75, 3.05) is 12.0 Å². The van der Waals surface area contributed by atoms with Gasteiger partial charge in [-0.1, -0.05) is 53.5 Å². The second kappa shape index (κ2) is 9.99. The molecule has 0 spiro atoms. The number of methoxy groups -OCH3 is 1. The third-order valence-corrected chi connectivity index (χ3v) is 5.61. The molecular formula is C25H18Cl2N2O5. The first-order valence-electron chi connectivity index (χ1n) is 10.1. The number of halogens is 2. The lowest BCUT2D eigenvalue weighted by Crippen LogP contribution is -2.54. The van der Waals surface area contributed by atoms with E-state index < -0.39 is 17.8 Å². The number of ether oxygens (including phenoxy) is 2. The van der Waals surface area contributed by atoms with Gasteiger partial charge in [0.1, 0.15) is 12.2 Å². The standard InChI is InChI=1S/C25H18Cl2N2O5/c1-33-22-12-15(9-10-21(22)34-14-16-5-2-3-8-20(16)27)11-19-23(30)28-25(32)29(24(19)31)18-7-4-6-17(26)13-18/h2-13H,14H2,1H3,(H,28,30,32)/b19-11+. The average molecular weight is 497 g/mol. The highest BCUT2D eigenvalue weighted by Gasteiger charge is 2.36. The number of rotatable bonds is 6. The Kier molecular flexibility index (Phi) is 6.86. The summed E-state index contributed by atoms with van der Waals surface area (Å²) in [5, 5.41) is 3.11. The molecule has 172 valence electrons. The molecule has 0 bridgehead atoms. The van der Waals surface area contributed by atoms with E-state index in [9.17, 15) is 14.4 Å². The molecule has 1 heterocycles. The number of carbonyl (C=O) groups excluding carboxylic acids is 3. The molecule has 3 aromatic carbocycles. The highest BCUT2D eigenvalue weighted by molar-refractivity contribution is 6.39. The Morgan fingerprint density at radius 3 is 2.47 bits per heavy atom. The molecule has 0 unspecified atom stereocenters. The quantitative estimate of drug-likeness (QED) is 0.372. The Hall–Kier alpha value is -3.81. The molecule has 0 saturated carbocycles. The van der Waals surface area contributed by atoms with Crippen LogP contribution in [0, 0.1) is 0 Å². The van der Waals surface area contributed by atoms with Gasteiger partial charge in [0.05, 0.1) is 12.8 Å².